The number of pyridine rings is 1. The molecule has 0 bridgehead atoms. The SMILES string of the molecule is COc1cc2nn(C3CCC(CCN4CCN(c5cccc6c(N7CCC(=O)NC7=O)cncc56)CC4)CC3)cc2cc1C(=O)Nc1cnc2cccnn12. The number of piperazine rings is 1. The lowest BCUT2D eigenvalue weighted by atomic mass is 9.84. The van der Waals surface area contributed by atoms with E-state index in [1.54, 1.807) is 41.2 Å². The van der Waals surface area contributed by atoms with Crippen LogP contribution in [0.1, 0.15) is 54.9 Å². The number of amides is 4. The molecule has 6 heterocycles. The van der Waals surface area contributed by atoms with Gasteiger partial charge in [0.25, 0.3) is 5.91 Å². The van der Waals surface area contributed by atoms with Crippen molar-refractivity contribution in [3.63, 3.8) is 0 Å². The highest BCUT2D eigenvalue weighted by Gasteiger charge is 2.28. The minimum absolute atomic E-state index is 0.246. The second-order valence-electron chi connectivity index (χ2n) is 14.7. The van der Waals surface area contributed by atoms with Crippen LogP contribution in [0.15, 0.2) is 73.4 Å². The van der Waals surface area contributed by atoms with Gasteiger partial charge < -0.3 is 15.0 Å². The molecule has 2 saturated heterocycles. The van der Waals surface area contributed by atoms with Gasteiger partial charge in [0.2, 0.25) is 5.91 Å². The van der Waals surface area contributed by atoms with Crippen LogP contribution in [-0.2, 0) is 4.79 Å². The molecule has 1 aliphatic carbocycles. The molecular weight excluding hydrogens is 699 g/mol. The van der Waals surface area contributed by atoms with Gasteiger partial charge >= 0.3 is 6.03 Å². The average Bonchev–Trinajstić information content (AvgIpc) is 3.83. The van der Waals surface area contributed by atoms with Crippen molar-refractivity contribution < 1.29 is 19.1 Å². The van der Waals surface area contributed by atoms with E-state index in [-0.39, 0.29) is 18.2 Å². The Kier molecular flexibility index (Phi) is 9.22. The number of imide groups is 1. The van der Waals surface area contributed by atoms with Crippen LogP contribution >= 0.6 is 0 Å². The number of anilines is 3. The molecule has 2 aliphatic heterocycles. The maximum atomic E-state index is 13.4. The zero-order chi connectivity index (χ0) is 37.5. The van der Waals surface area contributed by atoms with Crippen LogP contribution in [0.2, 0.25) is 0 Å². The van der Waals surface area contributed by atoms with Crippen molar-refractivity contribution in [2.75, 3.05) is 61.5 Å². The summed E-state index contributed by atoms with van der Waals surface area (Å²) in [6, 6.07) is 13.4. The van der Waals surface area contributed by atoms with Crippen LogP contribution < -0.4 is 25.2 Å². The molecule has 15 heteroatoms. The number of carbonyl (C=O) groups excluding carboxylic acids is 3. The fourth-order valence-electron chi connectivity index (χ4n) is 8.43. The molecule has 2 N–H and O–H groups in total. The fourth-order valence-corrected chi connectivity index (χ4v) is 8.43. The van der Waals surface area contributed by atoms with Crippen LogP contribution in [-0.4, -0.2) is 98.5 Å². The minimum atomic E-state index is -0.398. The molecule has 2 aromatic carbocycles. The van der Waals surface area contributed by atoms with Gasteiger partial charge in [-0.05, 0) is 68.8 Å². The minimum Gasteiger partial charge on any atom is -0.496 e. The lowest BCUT2D eigenvalue weighted by molar-refractivity contribution is -0.120. The number of hydrogen-bond acceptors (Lipinski definition) is 10. The molecule has 4 amide bonds. The van der Waals surface area contributed by atoms with Crippen molar-refractivity contribution in [1.82, 2.24) is 39.6 Å². The number of ether oxygens (including phenoxy) is 1. The van der Waals surface area contributed by atoms with Gasteiger partial charge in [-0.25, -0.2) is 9.78 Å². The predicted octanol–water partition coefficient (Wildman–Crippen LogP) is 5.28. The van der Waals surface area contributed by atoms with Gasteiger partial charge in [0, 0.05) is 85.6 Å². The Morgan fingerprint density at radius 3 is 2.62 bits per heavy atom. The summed E-state index contributed by atoms with van der Waals surface area (Å²) in [6.07, 6.45) is 14.8. The highest BCUT2D eigenvalue weighted by molar-refractivity contribution is 6.11. The summed E-state index contributed by atoms with van der Waals surface area (Å²) in [5.74, 6) is 1.09. The number of fused-ring (bicyclic) bond motifs is 3. The van der Waals surface area contributed by atoms with Crippen molar-refractivity contribution in [3.8, 4) is 5.75 Å². The van der Waals surface area contributed by atoms with Crippen molar-refractivity contribution in [3.05, 3.63) is 79.0 Å². The average molecular weight is 742 g/mol. The standard InChI is InChI=1S/C40H43N11O4/c1-55-35-21-32-27(20-30(35)39(53)44-37-24-42-36-6-3-13-43-51(36)37)25-50(46-32)28-9-7-26(8-10-28)11-14-47-16-18-48(19-17-47)33-5-2-4-29-31(33)22-41-23-34(29)49-15-12-38(52)45-40(49)54/h2-6,13,20-26,28H,7-12,14-19H2,1H3,(H,44,53)(H,45,52,54). The summed E-state index contributed by atoms with van der Waals surface area (Å²) in [7, 11) is 1.56. The van der Waals surface area contributed by atoms with Crippen LogP contribution in [0.5, 0.6) is 5.75 Å². The first-order chi connectivity index (χ1) is 26.9. The molecule has 1 saturated carbocycles. The summed E-state index contributed by atoms with van der Waals surface area (Å²) < 4.78 is 9.30. The van der Waals surface area contributed by atoms with E-state index in [1.807, 2.05) is 36.5 Å². The van der Waals surface area contributed by atoms with E-state index < -0.39 is 6.03 Å². The maximum Gasteiger partial charge on any atom is 0.328 e. The molecule has 55 heavy (non-hydrogen) atoms. The second kappa shape index (κ2) is 14.6. The van der Waals surface area contributed by atoms with E-state index >= 15 is 0 Å². The molecular formula is C40H43N11O4. The van der Waals surface area contributed by atoms with Gasteiger partial charge in [0.15, 0.2) is 11.5 Å². The van der Waals surface area contributed by atoms with Crippen molar-refractivity contribution in [2.24, 2.45) is 5.92 Å². The molecule has 15 nitrogen and oxygen atoms in total. The van der Waals surface area contributed by atoms with Gasteiger partial charge in [-0.15, -0.1) is 0 Å². The Morgan fingerprint density at radius 1 is 0.945 bits per heavy atom. The molecule has 9 rings (SSSR count). The number of rotatable bonds is 9. The van der Waals surface area contributed by atoms with Crippen LogP contribution in [0.3, 0.4) is 0 Å². The largest absolute Gasteiger partial charge is 0.496 e. The van der Waals surface area contributed by atoms with Crippen molar-refractivity contribution in [1.29, 1.82) is 0 Å². The van der Waals surface area contributed by atoms with Crippen molar-refractivity contribution >= 4 is 62.4 Å². The smallest absolute Gasteiger partial charge is 0.328 e. The summed E-state index contributed by atoms with van der Waals surface area (Å²) in [6.45, 7) is 5.28. The van der Waals surface area contributed by atoms with Gasteiger partial charge in [0.1, 0.15) is 5.75 Å². The van der Waals surface area contributed by atoms with Crippen LogP contribution in [0.4, 0.5) is 22.0 Å². The van der Waals surface area contributed by atoms with E-state index in [2.05, 4.69) is 52.4 Å². The van der Waals surface area contributed by atoms with Crippen LogP contribution in [0.25, 0.3) is 27.3 Å². The Morgan fingerprint density at radius 2 is 1.80 bits per heavy atom. The monoisotopic (exact) mass is 741 g/mol. The molecule has 0 spiro atoms. The molecule has 3 fully saturated rings. The third-order valence-corrected chi connectivity index (χ3v) is 11.5. The first-order valence-electron chi connectivity index (χ1n) is 19.0. The van der Waals surface area contributed by atoms with Gasteiger partial charge in [0.05, 0.1) is 42.3 Å². The molecule has 0 atom stereocenters. The molecule has 4 aromatic heterocycles. The van der Waals surface area contributed by atoms with Gasteiger partial charge in [-0.2, -0.15) is 14.7 Å². The predicted molar refractivity (Wildman–Crippen MR) is 209 cm³/mol. The fraction of sp³-hybridized carbons (Fsp3) is 0.375. The number of urea groups is 1. The Balaban J connectivity index is 0.784. The van der Waals surface area contributed by atoms with E-state index in [1.165, 1.54) is 19.3 Å². The van der Waals surface area contributed by atoms with E-state index in [0.717, 1.165) is 78.6 Å². The zero-order valence-electron chi connectivity index (χ0n) is 30.7. The van der Waals surface area contributed by atoms with E-state index in [4.69, 9.17) is 9.84 Å². The summed E-state index contributed by atoms with van der Waals surface area (Å²) >= 11 is 0. The topological polar surface area (TPSA) is 155 Å². The van der Waals surface area contributed by atoms with Crippen molar-refractivity contribution in [2.45, 2.75) is 44.6 Å². The number of benzene rings is 2. The molecule has 0 unspecified atom stereocenters. The molecule has 0 radical (unpaired) electrons. The Hall–Kier alpha value is -6.09. The number of hydrogen-bond donors (Lipinski definition) is 2. The summed E-state index contributed by atoms with van der Waals surface area (Å²) in [4.78, 5) is 53.1. The highest BCUT2D eigenvalue weighted by atomic mass is 16.5. The maximum absolute atomic E-state index is 13.4. The Bertz CT molecular complexity index is 2410. The summed E-state index contributed by atoms with van der Waals surface area (Å²) in [5, 5.41) is 17.4. The quantitative estimate of drug-likeness (QED) is 0.200. The summed E-state index contributed by atoms with van der Waals surface area (Å²) in [5.41, 5.74) is 3.74. The number of carbonyl (C=O) groups is 3. The second-order valence-corrected chi connectivity index (χ2v) is 14.7. The number of nitrogens with zero attached hydrogens (tertiary/aromatic N) is 9. The first kappa shape index (κ1) is 34.7. The van der Waals surface area contributed by atoms with Gasteiger partial charge in [-0.3, -0.25) is 34.4 Å². The third kappa shape index (κ3) is 6.79. The molecule has 282 valence electrons. The number of aromatic nitrogens is 6. The Labute approximate surface area is 317 Å². The van der Waals surface area contributed by atoms with Gasteiger partial charge in [-0.1, -0.05) is 12.1 Å². The number of methoxy groups -OCH3 is 1. The van der Waals surface area contributed by atoms with E-state index in [0.29, 0.717) is 41.3 Å². The van der Waals surface area contributed by atoms with Crippen LogP contribution in [0, 0.1) is 5.92 Å². The molecule has 3 aliphatic rings. The highest BCUT2D eigenvalue weighted by Crippen LogP contribution is 2.37. The zero-order valence-corrected chi connectivity index (χ0v) is 30.7. The third-order valence-electron chi connectivity index (χ3n) is 11.5. The molecule has 6 aromatic rings. The number of imidazole rings is 1. The first-order valence-corrected chi connectivity index (χ1v) is 19.0. The lowest BCUT2D eigenvalue weighted by Crippen LogP contribution is -2.49. The van der Waals surface area contributed by atoms with E-state index in [9.17, 15) is 14.4 Å². The number of nitrogens with one attached hydrogen (secondary N) is 2. The lowest BCUT2D eigenvalue weighted by Gasteiger charge is -2.38. The normalized spacial score (nSPS) is 19.7.